The van der Waals surface area contributed by atoms with Gasteiger partial charge in [0.2, 0.25) is 5.91 Å². The first-order valence-electron chi connectivity index (χ1n) is 6.97. The van der Waals surface area contributed by atoms with Gasteiger partial charge in [0.15, 0.2) is 0 Å². The van der Waals surface area contributed by atoms with Gasteiger partial charge in [0, 0.05) is 4.90 Å². The first-order chi connectivity index (χ1) is 10.1. The predicted octanol–water partition coefficient (Wildman–Crippen LogP) is 2.87. The molecule has 4 nitrogen and oxygen atoms in total. The standard InChI is InChI=1S/C16H17NO3S/c1-21-12-5-3-2-4-11(12)17-15(18)13-9-6-7-10(8-9)14(13)16(19)20/h2-7,9-10,13-14H,8H2,1H3,(H,17,18)(H,19,20)/t9-,10-,13+,14+/m0/s1. The highest BCUT2D eigenvalue weighted by atomic mass is 32.2. The Balaban J connectivity index is 1.82. The number of amides is 1. The van der Waals surface area contributed by atoms with Crippen molar-refractivity contribution in [1.29, 1.82) is 0 Å². The third kappa shape index (κ3) is 2.46. The van der Waals surface area contributed by atoms with E-state index in [1.54, 1.807) is 11.8 Å². The van der Waals surface area contributed by atoms with Crippen molar-refractivity contribution in [1.82, 2.24) is 0 Å². The Morgan fingerprint density at radius 3 is 2.52 bits per heavy atom. The van der Waals surface area contributed by atoms with E-state index in [2.05, 4.69) is 5.32 Å². The number of carbonyl (C=O) groups is 2. The van der Waals surface area contributed by atoms with Gasteiger partial charge < -0.3 is 10.4 Å². The molecular formula is C16H17NO3S. The van der Waals surface area contributed by atoms with E-state index in [0.29, 0.717) is 0 Å². The lowest BCUT2D eigenvalue weighted by atomic mass is 9.82. The summed E-state index contributed by atoms with van der Waals surface area (Å²) in [6.07, 6.45) is 6.67. The number of hydrogen-bond acceptors (Lipinski definition) is 3. The molecule has 0 aromatic heterocycles. The number of benzene rings is 1. The molecule has 1 saturated carbocycles. The van der Waals surface area contributed by atoms with Crippen molar-refractivity contribution < 1.29 is 14.7 Å². The first-order valence-corrected chi connectivity index (χ1v) is 8.19. The molecule has 1 aromatic rings. The van der Waals surface area contributed by atoms with Gasteiger partial charge in [-0.3, -0.25) is 9.59 Å². The normalized spacial score (nSPS) is 29.6. The van der Waals surface area contributed by atoms with E-state index in [-0.39, 0.29) is 17.7 Å². The average Bonchev–Trinajstić information content (AvgIpc) is 3.08. The maximum Gasteiger partial charge on any atom is 0.307 e. The van der Waals surface area contributed by atoms with Crippen LogP contribution in [0.5, 0.6) is 0 Å². The molecule has 0 saturated heterocycles. The predicted molar refractivity (Wildman–Crippen MR) is 82.2 cm³/mol. The maximum atomic E-state index is 12.6. The molecule has 0 radical (unpaired) electrons. The lowest BCUT2D eigenvalue weighted by Crippen LogP contribution is -2.36. The van der Waals surface area contributed by atoms with Gasteiger partial charge in [-0.2, -0.15) is 0 Å². The molecule has 1 amide bonds. The van der Waals surface area contributed by atoms with Crippen molar-refractivity contribution in [2.45, 2.75) is 11.3 Å². The van der Waals surface area contributed by atoms with Crippen molar-refractivity contribution in [2.75, 3.05) is 11.6 Å². The molecule has 1 aromatic carbocycles. The number of para-hydroxylation sites is 1. The summed E-state index contributed by atoms with van der Waals surface area (Å²) in [5, 5.41) is 12.3. The zero-order valence-electron chi connectivity index (χ0n) is 11.7. The van der Waals surface area contributed by atoms with Crippen LogP contribution in [0.2, 0.25) is 0 Å². The second-order valence-corrected chi connectivity index (χ2v) is 6.38. The van der Waals surface area contributed by atoms with E-state index in [0.717, 1.165) is 17.0 Å². The minimum atomic E-state index is -0.870. The molecule has 2 bridgehead atoms. The molecule has 2 N–H and O–H groups in total. The highest BCUT2D eigenvalue weighted by Crippen LogP contribution is 2.48. The number of rotatable bonds is 4. The van der Waals surface area contributed by atoms with E-state index >= 15 is 0 Å². The largest absolute Gasteiger partial charge is 0.481 e. The van der Waals surface area contributed by atoms with Crippen LogP contribution >= 0.6 is 11.8 Å². The molecule has 110 valence electrons. The molecule has 0 aliphatic heterocycles. The lowest BCUT2D eigenvalue weighted by Gasteiger charge is -2.24. The Kier molecular flexibility index (Phi) is 3.76. The number of allylic oxidation sites excluding steroid dienone is 2. The number of carboxylic acid groups (broad SMARTS) is 1. The monoisotopic (exact) mass is 303 g/mol. The molecule has 3 rings (SSSR count). The van der Waals surface area contributed by atoms with Crippen LogP contribution in [0.1, 0.15) is 6.42 Å². The van der Waals surface area contributed by atoms with Gasteiger partial charge in [-0.1, -0.05) is 24.3 Å². The van der Waals surface area contributed by atoms with Crippen molar-refractivity contribution in [3.05, 3.63) is 36.4 Å². The SMILES string of the molecule is CSc1ccccc1NC(=O)[C@H]1[C@H](C(=O)O)[C@H]2C=C[C@H]1C2. The third-order valence-corrected chi connectivity index (χ3v) is 5.21. The zero-order valence-corrected chi connectivity index (χ0v) is 12.5. The van der Waals surface area contributed by atoms with Crippen molar-refractivity contribution in [2.24, 2.45) is 23.7 Å². The first kappa shape index (κ1) is 14.2. The highest BCUT2D eigenvalue weighted by Gasteiger charge is 2.51. The van der Waals surface area contributed by atoms with Crippen LogP contribution in [-0.4, -0.2) is 23.2 Å². The van der Waals surface area contributed by atoms with Crippen molar-refractivity contribution in [3.8, 4) is 0 Å². The molecule has 5 heteroatoms. The fourth-order valence-electron chi connectivity index (χ4n) is 3.48. The number of carbonyl (C=O) groups excluding carboxylic acids is 1. The van der Waals surface area contributed by atoms with Crippen LogP contribution in [0.15, 0.2) is 41.3 Å². The van der Waals surface area contributed by atoms with Crippen molar-refractivity contribution >= 4 is 29.3 Å². The quantitative estimate of drug-likeness (QED) is 0.663. The van der Waals surface area contributed by atoms with Gasteiger partial charge >= 0.3 is 5.97 Å². The second kappa shape index (κ2) is 5.56. The summed E-state index contributed by atoms with van der Waals surface area (Å²) in [6.45, 7) is 0. The third-order valence-electron chi connectivity index (χ3n) is 4.41. The van der Waals surface area contributed by atoms with Crippen LogP contribution in [-0.2, 0) is 9.59 Å². The summed E-state index contributed by atoms with van der Waals surface area (Å²) in [6, 6.07) is 7.57. The van der Waals surface area contributed by atoms with E-state index in [4.69, 9.17) is 0 Å². The van der Waals surface area contributed by atoms with Gasteiger partial charge in [-0.15, -0.1) is 11.8 Å². The van der Waals surface area contributed by atoms with Gasteiger partial charge in [0.1, 0.15) is 0 Å². The Morgan fingerprint density at radius 2 is 1.86 bits per heavy atom. The topological polar surface area (TPSA) is 66.4 Å². The Bertz CT molecular complexity index is 613. The van der Waals surface area contributed by atoms with E-state index in [1.165, 1.54) is 0 Å². The number of anilines is 1. The molecule has 0 heterocycles. The summed E-state index contributed by atoms with van der Waals surface area (Å²) in [4.78, 5) is 25.0. The van der Waals surface area contributed by atoms with E-state index < -0.39 is 17.8 Å². The van der Waals surface area contributed by atoms with Gasteiger partial charge in [0.05, 0.1) is 17.5 Å². The number of fused-ring (bicyclic) bond motifs is 2. The summed E-state index contributed by atoms with van der Waals surface area (Å²) in [7, 11) is 0. The molecule has 4 atom stereocenters. The minimum Gasteiger partial charge on any atom is -0.481 e. The Hall–Kier alpha value is -1.75. The summed E-state index contributed by atoms with van der Waals surface area (Å²) in [5.41, 5.74) is 0.755. The number of thioether (sulfide) groups is 1. The Morgan fingerprint density at radius 1 is 1.19 bits per heavy atom. The molecule has 0 unspecified atom stereocenters. The molecule has 2 aliphatic rings. The Labute approximate surface area is 127 Å². The number of hydrogen-bond donors (Lipinski definition) is 2. The summed E-state index contributed by atoms with van der Waals surface area (Å²) in [5.74, 6) is -2.06. The smallest absolute Gasteiger partial charge is 0.307 e. The number of carboxylic acids is 1. The van der Waals surface area contributed by atoms with Gasteiger partial charge in [0.25, 0.3) is 0 Å². The van der Waals surface area contributed by atoms with Crippen LogP contribution in [0.3, 0.4) is 0 Å². The summed E-state index contributed by atoms with van der Waals surface area (Å²) >= 11 is 1.56. The average molecular weight is 303 g/mol. The second-order valence-electron chi connectivity index (χ2n) is 5.53. The van der Waals surface area contributed by atoms with Gasteiger partial charge in [-0.25, -0.2) is 0 Å². The van der Waals surface area contributed by atoms with Crippen LogP contribution < -0.4 is 5.32 Å². The molecule has 2 aliphatic carbocycles. The van der Waals surface area contributed by atoms with Crippen LogP contribution in [0.25, 0.3) is 0 Å². The van der Waals surface area contributed by atoms with Gasteiger partial charge in [-0.05, 0) is 36.6 Å². The minimum absolute atomic E-state index is 0.000885. The zero-order chi connectivity index (χ0) is 15.0. The fraction of sp³-hybridized carbons (Fsp3) is 0.375. The van der Waals surface area contributed by atoms with E-state index in [1.807, 2.05) is 42.7 Å². The summed E-state index contributed by atoms with van der Waals surface area (Å²) < 4.78 is 0. The highest BCUT2D eigenvalue weighted by molar-refractivity contribution is 7.98. The molecule has 21 heavy (non-hydrogen) atoms. The fourth-order valence-corrected chi connectivity index (χ4v) is 4.03. The van der Waals surface area contributed by atoms with Crippen LogP contribution in [0, 0.1) is 23.7 Å². The lowest BCUT2D eigenvalue weighted by molar-refractivity contribution is -0.146. The molecular weight excluding hydrogens is 286 g/mol. The number of aliphatic carboxylic acids is 1. The molecule has 1 fully saturated rings. The van der Waals surface area contributed by atoms with Crippen LogP contribution in [0.4, 0.5) is 5.69 Å². The van der Waals surface area contributed by atoms with E-state index in [9.17, 15) is 14.7 Å². The number of nitrogens with one attached hydrogen (secondary N) is 1. The maximum absolute atomic E-state index is 12.6. The van der Waals surface area contributed by atoms with Crippen molar-refractivity contribution in [3.63, 3.8) is 0 Å². The molecule has 0 spiro atoms.